The highest BCUT2D eigenvalue weighted by atomic mass is 16.2. The maximum Gasteiger partial charge on any atom is 0.317 e. The minimum Gasteiger partial charge on any atom is -0.331 e. The number of hydrogen-bond acceptors (Lipinski definition) is 3. The SMILES string of the molecule is Cc1ccccc1C(C)NC(=O)N1C[C@@H]2C(=O)NC(=O)[C@@H]2C1. The lowest BCUT2D eigenvalue weighted by Crippen LogP contribution is -2.42. The molecule has 116 valence electrons. The molecule has 4 amide bonds. The van der Waals surface area contributed by atoms with Gasteiger partial charge in [-0.25, -0.2) is 4.79 Å². The molecule has 0 radical (unpaired) electrons. The van der Waals surface area contributed by atoms with Crippen LogP contribution >= 0.6 is 0 Å². The first-order valence-electron chi connectivity index (χ1n) is 7.43. The summed E-state index contributed by atoms with van der Waals surface area (Å²) in [5.41, 5.74) is 2.17. The van der Waals surface area contributed by atoms with Gasteiger partial charge in [0, 0.05) is 13.1 Å². The van der Waals surface area contributed by atoms with Crippen LogP contribution in [0.3, 0.4) is 0 Å². The highest BCUT2D eigenvalue weighted by Gasteiger charge is 2.49. The molecule has 0 saturated carbocycles. The third-order valence-electron chi connectivity index (χ3n) is 4.52. The molecular formula is C16H19N3O3. The van der Waals surface area contributed by atoms with Gasteiger partial charge in [0.05, 0.1) is 17.9 Å². The summed E-state index contributed by atoms with van der Waals surface area (Å²) in [6.07, 6.45) is 0. The maximum absolute atomic E-state index is 12.4. The van der Waals surface area contributed by atoms with E-state index in [0.29, 0.717) is 13.1 Å². The Hall–Kier alpha value is -2.37. The van der Waals surface area contributed by atoms with Crippen LogP contribution in [0.4, 0.5) is 4.79 Å². The predicted octanol–water partition coefficient (Wildman–Crippen LogP) is 0.970. The van der Waals surface area contributed by atoms with Gasteiger partial charge in [0.1, 0.15) is 0 Å². The van der Waals surface area contributed by atoms with Gasteiger partial charge in [-0.1, -0.05) is 24.3 Å². The molecule has 1 aromatic rings. The summed E-state index contributed by atoms with van der Waals surface area (Å²) in [7, 11) is 0. The molecule has 1 aromatic carbocycles. The summed E-state index contributed by atoms with van der Waals surface area (Å²) in [6, 6.07) is 7.52. The monoisotopic (exact) mass is 301 g/mol. The highest BCUT2D eigenvalue weighted by Crippen LogP contribution is 2.28. The van der Waals surface area contributed by atoms with Crippen LogP contribution in [-0.2, 0) is 9.59 Å². The van der Waals surface area contributed by atoms with Crippen molar-refractivity contribution < 1.29 is 14.4 Å². The highest BCUT2D eigenvalue weighted by molar-refractivity contribution is 6.06. The van der Waals surface area contributed by atoms with E-state index in [9.17, 15) is 14.4 Å². The molecule has 0 bridgehead atoms. The van der Waals surface area contributed by atoms with Crippen LogP contribution in [0, 0.1) is 18.8 Å². The number of carbonyl (C=O) groups is 3. The average Bonchev–Trinajstić information content (AvgIpc) is 3.02. The molecule has 2 aliphatic rings. The molecule has 22 heavy (non-hydrogen) atoms. The first-order valence-corrected chi connectivity index (χ1v) is 7.43. The molecule has 3 atom stereocenters. The van der Waals surface area contributed by atoms with E-state index >= 15 is 0 Å². The van der Waals surface area contributed by atoms with Crippen molar-refractivity contribution in [2.75, 3.05) is 13.1 Å². The van der Waals surface area contributed by atoms with Gasteiger partial charge in [-0.2, -0.15) is 0 Å². The zero-order chi connectivity index (χ0) is 15.9. The molecule has 0 aliphatic carbocycles. The molecule has 6 nitrogen and oxygen atoms in total. The summed E-state index contributed by atoms with van der Waals surface area (Å²) >= 11 is 0. The van der Waals surface area contributed by atoms with Crippen molar-refractivity contribution in [1.82, 2.24) is 15.5 Å². The second-order valence-electron chi connectivity index (χ2n) is 6.00. The van der Waals surface area contributed by atoms with Crippen LogP contribution in [0.15, 0.2) is 24.3 Å². The van der Waals surface area contributed by atoms with Crippen LogP contribution in [-0.4, -0.2) is 35.8 Å². The standard InChI is InChI=1S/C16H19N3O3/c1-9-5-3-4-6-11(9)10(2)17-16(22)19-7-12-13(8-19)15(21)18-14(12)20/h3-6,10,12-13H,7-8H2,1-2H3,(H,17,22)(H,18,20,21)/t10?,12-,13+. The van der Waals surface area contributed by atoms with Crippen molar-refractivity contribution in [3.63, 3.8) is 0 Å². The van der Waals surface area contributed by atoms with Crippen molar-refractivity contribution in [3.05, 3.63) is 35.4 Å². The van der Waals surface area contributed by atoms with E-state index in [0.717, 1.165) is 11.1 Å². The number of likely N-dealkylation sites (tertiary alicyclic amines) is 1. The number of urea groups is 1. The van der Waals surface area contributed by atoms with Gasteiger partial charge in [0.2, 0.25) is 11.8 Å². The summed E-state index contributed by atoms with van der Waals surface area (Å²) < 4.78 is 0. The van der Waals surface area contributed by atoms with Gasteiger partial charge in [-0.05, 0) is 25.0 Å². The normalized spacial score (nSPS) is 24.9. The molecular weight excluding hydrogens is 282 g/mol. The third-order valence-corrected chi connectivity index (χ3v) is 4.52. The molecule has 2 aliphatic heterocycles. The molecule has 6 heteroatoms. The summed E-state index contributed by atoms with van der Waals surface area (Å²) in [5.74, 6) is -1.33. The number of carbonyl (C=O) groups excluding carboxylic acids is 3. The van der Waals surface area contributed by atoms with E-state index in [1.54, 1.807) is 4.90 Å². The van der Waals surface area contributed by atoms with E-state index in [4.69, 9.17) is 0 Å². The maximum atomic E-state index is 12.4. The molecule has 1 unspecified atom stereocenters. The Balaban J connectivity index is 1.65. The van der Waals surface area contributed by atoms with Gasteiger partial charge in [0.25, 0.3) is 0 Å². The minimum absolute atomic E-state index is 0.126. The number of hydrogen-bond donors (Lipinski definition) is 2. The Bertz CT molecular complexity index is 621. The van der Waals surface area contributed by atoms with Gasteiger partial charge in [0.15, 0.2) is 0 Å². The number of nitrogens with one attached hydrogen (secondary N) is 2. The number of imide groups is 1. The van der Waals surface area contributed by atoms with E-state index in [1.165, 1.54) is 0 Å². The Morgan fingerprint density at radius 1 is 1.23 bits per heavy atom. The van der Waals surface area contributed by atoms with Crippen molar-refractivity contribution in [2.45, 2.75) is 19.9 Å². The Labute approximate surface area is 128 Å². The number of nitrogens with zero attached hydrogens (tertiary/aromatic N) is 1. The van der Waals surface area contributed by atoms with E-state index < -0.39 is 11.8 Å². The predicted molar refractivity (Wildman–Crippen MR) is 79.8 cm³/mol. The largest absolute Gasteiger partial charge is 0.331 e. The number of rotatable bonds is 2. The van der Waals surface area contributed by atoms with Gasteiger partial charge >= 0.3 is 6.03 Å². The molecule has 0 spiro atoms. The molecule has 0 aromatic heterocycles. The van der Waals surface area contributed by atoms with Crippen LogP contribution in [0.2, 0.25) is 0 Å². The van der Waals surface area contributed by atoms with Crippen molar-refractivity contribution >= 4 is 17.8 Å². The lowest BCUT2D eigenvalue weighted by Gasteiger charge is -2.22. The quantitative estimate of drug-likeness (QED) is 0.799. The number of aryl methyl sites for hydroxylation is 1. The first kappa shape index (κ1) is 14.6. The molecule has 2 heterocycles. The van der Waals surface area contributed by atoms with Gasteiger partial charge < -0.3 is 10.2 Å². The second-order valence-corrected chi connectivity index (χ2v) is 6.00. The fraction of sp³-hybridized carbons (Fsp3) is 0.438. The lowest BCUT2D eigenvalue weighted by molar-refractivity contribution is -0.126. The van der Waals surface area contributed by atoms with Crippen LogP contribution in [0.25, 0.3) is 0 Å². The number of amides is 4. The smallest absolute Gasteiger partial charge is 0.317 e. The fourth-order valence-corrected chi connectivity index (χ4v) is 3.23. The van der Waals surface area contributed by atoms with Crippen molar-refractivity contribution in [2.24, 2.45) is 11.8 Å². The van der Waals surface area contributed by atoms with Gasteiger partial charge in [-0.3, -0.25) is 14.9 Å². The minimum atomic E-state index is -0.396. The molecule has 3 rings (SSSR count). The van der Waals surface area contributed by atoms with E-state index in [-0.39, 0.29) is 23.9 Å². The second kappa shape index (κ2) is 5.44. The molecule has 2 saturated heterocycles. The molecule has 2 fully saturated rings. The van der Waals surface area contributed by atoms with Crippen LogP contribution in [0.5, 0.6) is 0 Å². The van der Waals surface area contributed by atoms with E-state index in [1.807, 2.05) is 38.1 Å². The topological polar surface area (TPSA) is 78.5 Å². The Kier molecular flexibility index (Phi) is 3.60. The first-order chi connectivity index (χ1) is 10.5. The zero-order valence-electron chi connectivity index (χ0n) is 12.6. The average molecular weight is 301 g/mol. The van der Waals surface area contributed by atoms with Gasteiger partial charge in [-0.15, -0.1) is 0 Å². The number of benzene rings is 1. The zero-order valence-corrected chi connectivity index (χ0v) is 12.6. The summed E-state index contributed by atoms with van der Waals surface area (Å²) in [5, 5.41) is 5.26. The fourth-order valence-electron chi connectivity index (χ4n) is 3.23. The van der Waals surface area contributed by atoms with Crippen molar-refractivity contribution in [1.29, 1.82) is 0 Å². The summed E-state index contributed by atoms with van der Waals surface area (Å²) in [4.78, 5) is 37.2. The van der Waals surface area contributed by atoms with Crippen LogP contribution < -0.4 is 10.6 Å². The van der Waals surface area contributed by atoms with Crippen molar-refractivity contribution in [3.8, 4) is 0 Å². The Morgan fingerprint density at radius 3 is 2.41 bits per heavy atom. The summed E-state index contributed by atoms with van der Waals surface area (Å²) in [6.45, 7) is 4.53. The van der Waals surface area contributed by atoms with E-state index in [2.05, 4.69) is 10.6 Å². The third kappa shape index (κ3) is 2.45. The number of fused-ring (bicyclic) bond motifs is 1. The lowest BCUT2D eigenvalue weighted by atomic mass is 10.00. The molecule has 2 N–H and O–H groups in total. The Morgan fingerprint density at radius 2 is 1.82 bits per heavy atom. The van der Waals surface area contributed by atoms with Crippen LogP contribution in [0.1, 0.15) is 24.1 Å².